The number of benzene rings is 2. The molecule has 0 unspecified atom stereocenters. The number of rotatable bonds is 4. The first-order chi connectivity index (χ1) is 14.0. The third-order valence-corrected chi connectivity index (χ3v) is 6.38. The Kier molecular flexibility index (Phi) is 5.83. The first-order valence-electron chi connectivity index (χ1n) is 9.63. The monoisotopic (exact) mass is 429 g/mol. The standard InChI is InChI=1S/C22H21ClFN3OS/c23-18-11-14(25)7-8-16(18)20-12-29-22(27-20)13-6-9-19(24)17(10-13)21(28)26-15-4-2-1-3-5-15/h6-12,15H,1-5,25H2,(H,26,28). The van der Waals surface area contributed by atoms with Gasteiger partial charge < -0.3 is 11.1 Å². The Morgan fingerprint density at radius 2 is 1.97 bits per heavy atom. The predicted octanol–water partition coefficient (Wildman–Crippen LogP) is 5.91. The maximum absolute atomic E-state index is 14.3. The van der Waals surface area contributed by atoms with Crippen LogP contribution in [0.3, 0.4) is 0 Å². The number of aromatic nitrogens is 1. The van der Waals surface area contributed by atoms with Crippen LogP contribution in [0.2, 0.25) is 5.02 Å². The lowest BCUT2D eigenvalue weighted by molar-refractivity contribution is 0.0923. The minimum Gasteiger partial charge on any atom is -0.399 e. The molecule has 1 aliphatic carbocycles. The lowest BCUT2D eigenvalue weighted by Gasteiger charge is -2.22. The van der Waals surface area contributed by atoms with E-state index in [0.717, 1.165) is 31.2 Å². The number of anilines is 1. The molecule has 3 N–H and O–H groups in total. The van der Waals surface area contributed by atoms with Crippen molar-refractivity contribution < 1.29 is 9.18 Å². The topological polar surface area (TPSA) is 68.0 Å². The summed E-state index contributed by atoms with van der Waals surface area (Å²) in [6, 6.07) is 9.93. The second kappa shape index (κ2) is 8.51. The second-order valence-electron chi connectivity index (χ2n) is 7.28. The molecular formula is C22H21ClFN3OS. The average molecular weight is 430 g/mol. The van der Waals surface area contributed by atoms with Gasteiger partial charge in [0, 0.05) is 28.2 Å². The number of halogens is 2. The Hall–Kier alpha value is -2.44. The summed E-state index contributed by atoms with van der Waals surface area (Å²) in [5.41, 5.74) is 8.58. The third kappa shape index (κ3) is 4.43. The van der Waals surface area contributed by atoms with Crippen LogP contribution in [0.25, 0.3) is 21.8 Å². The van der Waals surface area contributed by atoms with E-state index in [-0.39, 0.29) is 17.5 Å². The van der Waals surface area contributed by atoms with Crippen molar-refractivity contribution in [2.24, 2.45) is 0 Å². The zero-order valence-electron chi connectivity index (χ0n) is 15.8. The number of nitrogens with two attached hydrogens (primary N) is 1. The molecule has 0 aliphatic heterocycles. The molecule has 1 aromatic heterocycles. The maximum atomic E-state index is 14.3. The molecule has 4 nitrogen and oxygen atoms in total. The fourth-order valence-corrected chi connectivity index (χ4v) is 4.71. The Labute approximate surface area is 177 Å². The summed E-state index contributed by atoms with van der Waals surface area (Å²) in [6.45, 7) is 0. The summed E-state index contributed by atoms with van der Waals surface area (Å²) in [7, 11) is 0. The molecule has 1 amide bonds. The second-order valence-corrected chi connectivity index (χ2v) is 8.55. The molecule has 4 rings (SSSR count). The van der Waals surface area contributed by atoms with Crippen molar-refractivity contribution in [2.75, 3.05) is 5.73 Å². The van der Waals surface area contributed by atoms with Crippen molar-refractivity contribution in [3.63, 3.8) is 0 Å². The number of carbonyl (C=O) groups is 1. The van der Waals surface area contributed by atoms with Crippen molar-refractivity contribution >= 4 is 34.5 Å². The molecule has 29 heavy (non-hydrogen) atoms. The minimum atomic E-state index is -0.527. The van der Waals surface area contributed by atoms with Crippen LogP contribution in [0.5, 0.6) is 0 Å². The fourth-order valence-electron chi connectivity index (χ4n) is 3.61. The van der Waals surface area contributed by atoms with Gasteiger partial charge in [0.2, 0.25) is 0 Å². The molecule has 3 aromatic rings. The Balaban J connectivity index is 1.59. The number of nitrogen functional groups attached to an aromatic ring is 1. The molecule has 0 spiro atoms. The van der Waals surface area contributed by atoms with Crippen molar-refractivity contribution in [1.82, 2.24) is 10.3 Å². The van der Waals surface area contributed by atoms with Crippen molar-refractivity contribution in [2.45, 2.75) is 38.1 Å². The molecule has 1 saturated carbocycles. The van der Waals surface area contributed by atoms with Gasteiger partial charge in [-0.15, -0.1) is 11.3 Å². The van der Waals surface area contributed by atoms with E-state index in [1.807, 2.05) is 11.4 Å². The zero-order valence-corrected chi connectivity index (χ0v) is 17.3. The van der Waals surface area contributed by atoms with E-state index in [0.29, 0.717) is 27.0 Å². The van der Waals surface area contributed by atoms with Crippen LogP contribution in [0.1, 0.15) is 42.5 Å². The fraction of sp³-hybridized carbons (Fsp3) is 0.273. The highest BCUT2D eigenvalue weighted by Gasteiger charge is 2.20. The van der Waals surface area contributed by atoms with Crippen LogP contribution >= 0.6 is 22.9 Å². The molecule has 1 fully saturated rings. The number of nitrogens with zero attached hydrogens (tertiary/aromatic N) is 1. The number of hydrogen-bond donors (Lipinski definition) is 2. The maximum Gasteiger partial charge on any atom is 0.254 e. The quantitative estimate of drug-likeness (QED) is 0.506. The Morgan fingerprint density at radius 3 is 2.72 bits per heavy atom. The molecule has 0 bridgehead atoms. The highest BCUT2D eigenvalue weighted by Crippen LogP contribution is 2.34. The van der Waals surface area contributed by atoms with E-state index in [9.17, 15) is 9.18 Å². The van der Waals surface area contributed by atoms with Gasteiger partial charge in [-0.25, -0.2) is 9.37 Å². The summed E-state index contributed by atoms with van der Waals surface area (Å²) in [5.74, 6) is -0.893. The number of hydrogen-bond acceptors (Lipinski definition) is 4. The average Bonchev–Trinajstić information content (AvgIpc) is 3.19. The van der Waals surface area contributed by atoms with Crippen molar-refractivity contribution in [1.29, 1.82) is 0 Å². The number of amides is 1. The van der Waals surface area contributed by atoms with Crippen LogP contribution in [0.15, 0.2) is 41.8 Å². The molecule has 2 aromatic carbocycles. The van der Waals surface area contributed by atoms with Crippen LogP contribution in [-0.2, 0) is 0 Å². The number of carbonyl (C=O) groups excluding carboxylic acids is 1. The van der Waals surface area contributed by atoms with Gasteiger partial charge in [0.1, 0.15) is 10.8 Å². The van der Waals surface area contributed by atoms with Gasteiger partial charge in [0.15, 0.2) is 0 Å². The third-order valence-electron chi connectivity index (χ3n) is 5.17. The highest BCUT2D eigenvalue weighted by atomic mass is 35.5. The lowest BCUT2D eigenvalue weighted by Crippen LogP contribution is -2.36. The molecule has 7 heteroatoms. The van der Waals surface area contributed by atoms with Crippen molar-refractivity contribution in [3.8, 4) is 21.8 Å². The van der Waals surface area contributed by atoms with Gasteiger partial charge >= 0.3 is 0 Å². The zero-order chi connectivity index (χ0) is 20.4. The SMILES string of the molecule is Nc1ccc(-c2csc(-c3ccc(F)c(C(=O)NC4CCCCC4)c3)n2)c(Cl)c1. The van der Waals surface area contributed by atoms with Crippen LogP contribution < -0.4 is 11.1 Å². The molecule has 0 atom stereocenters. The van der Waals surface area contributed by atoms with Gasteiger partial charge in [-0.3, -0.25) is 4.79 Å². The van der Waals surface area contributed by atoms with Gasteiger partial charge in [0.05, 0.1) is 16.3 Å². The molecule has 0 radical (unpaired) electrons. The summed E-state index contributed by atoms with van der Waals surface area (Å²) >= 11 is 7.70. The molecule has 1 aliphatic rings. The molecule has 0 saturated heterocycles. The number of thiazole rings is 1. The molecule has 1 heterocycles. The Bertz CT molecular complexity index is 1050. The summed E-state index contributed by atoms with van der Waals surface area (Å²) < 4.78 is 14.3. The van der Waals surface area contributed by atoms with E-state index in [2.05, 4.69) is 10.3 Å². The summed E-state index contributed by atoms with van der Waals surface area (Å²) in [6.07, 6.45) is 5.29. The van der Waals surface area contributed by atoms with E-state index in [1.54, 1.807) is 24.3 Å². The smallest absolute Gasteiger partial charge is 0.254 e. The predicted molar refractivity (Wildman–Crippen MR) is 117 cm³/mol. The van der Waals surface area contributed by atoms with E-state index >= 15 is 0 Å². The summed E-state index contributed by atoms with van der Waals surface area (Å²) in [4.78, 5) is 17.2. The van der Waals surface area contributed by atoms with Gasteiger partial charge in [-0.1, -0.05) is 30.9 Å². The van der Waals surface area contributed by atoms with Gasteiger partial charge in [-0.2, -0.15) is 0 Å². The molecular weight excluding hydrogens is 409 g/mol. The van der Waals surface area contributed by atoms with Gasteiger partial charge in [0.25, 0.3) is 5.91 Å². The molecule has 150 valence electrons. The first kappa shape index (κ1) is 19.9. The van der Waals surface area contributed by atoms with E-state index in [4.69, 9.17) is 17.3 Å². The minimum absolute atomic E-state index is 0.0512. The summed E-state index contributed by atoms with van der Waals surface area (Å²) in [5, 5.41) is 6.08. The lowest BCUT2D eigenvalue weighted by atomic mass is 9.95. The largest absolute Gasteiger partial charge is 0.399 e. The van der Waals surface area contributed by atoms with Crippen LogP contribution in [0, 0.1) is 5.82 Å². The first-order valence-corrected chi connectivity index (χ1v) is 10.9. The van der Waals surface area contributed by atoms with Gasteiger partial charge in [-0.05, 0) is 49.2 Å². The normalized spacial score (nSPS) is 14.7. The Morgan fingerprint density at radius 1 is 1.17 bits per heavy atom. The van der Waals surface area contributed by atoms with Crippen LogP contribution in [0.4, 0.5) is 10.1 Å². The van der Waals surface area contributed by atoms with E-state index < -0.39 is 5.82 Å². The van der Waals surface area contributed by atoms with Crippen LogP contribution in [-0.4, -0.2) is 16.9 Å². The highest BCUT2D eigenvalue weighted by molar-refractivity contribution is 7.13. The van der Waals surface area contributed by atoms with Crippen molar-refractivity contribution in [3.05, 3.63) is 58.2 Å². The van der Waals surface area contributed by atoms with E-state index in [1.165, 1.54) is 23.8 Å². The number of nitrogens with one attached hydrogen (secondary N) is 1.